The zero-order chi connectivity index (χ0) is 14.9. The molecular weight excluding hydrogens is 272 g/mol. The highest BCUT2D eigenvalue weighted by Crippen LogP contribution is 2.24. The lowest BCUT2D eigenvalue weighted by molar-refractivity contribution is -0.138. The van der Waals surface area contributed by atoms with Crippen LogP contribution in [0.3, 0.4) is 0 Å². The second kappa shape index (κ2) is 5.56. The molecule has 1 N–H and O–H groups in total. The van der Waals surface area contributed by atoms with Gasteiger partial charge in [-0.15, -0.1) is 11.3 Å². The van der Waals surface area contributed by atoms with Gasteiger partial charge in [0.15, 0.2) is 0 Å². The van der Waals surface area contributed by atoms with Crippen LogP contribution >= 0.6 is 11.3 Å². The molecule has 2 rings (SSSR count). The molecule has 20 heavy (non-hydrogen) atoms. The van der Waals surface area contributed by atoms with Crippen LogP contribution in [0.1, 0.15) is 38.1 Å². The molecule has 1 aliphatic heterocycles. The molecule has 5 heteroatoms. The molecule has 0 saturated heterocycles. The predicted octanol–water partition coefficient (Wildman–Crippen LogP) is 2.18. The number of nitrogens with zero attached hydrogens (tertiary/aromatic N) is 1. The molecule has 1 aromatic rings. The molecule has 0 unspecified atom stereocenters. The topological polar surface area (TPSA) is 49.4 Å². The molecule has 0 fully saturated rings. The standard InChI is InChI=1S/C15H22N2O2S/c1-10(16-14(19)15(2,3)4)13(18)17-7-5-12-11(9-17)6-8-20-12/h6,8,10H,5,7,9H2,1-4H3,(H,16,19)/t10-/m0/s1. The van der Waals surface area contributed by atoms with E-state index in [1.54, 1.807) is 18.3 Å². The summed E-state index contributed by atoms with van der Waals surface area (Å²) >= 11 is 1.75. The molecular formula is C15H22N2O2S. The van der Waals surface area contributed by atoms with Crippen molar-refractivity contribution < 1.29 is 9.59 Å². The third-order valence-electron chi connectivity index (χ3n) is 3.52. The maximum absolute atomic E-state index is 12.4. The predicted molar refractivity (Wildman–Crippen MR) is 80.5 cm³/mol. The Hall–Kier alpha value is -1.36. The molecule has 2 amide bonds. The summed E-state index contributed by atoms with van der Waals surface area (Å²) < 4.78 is 0. The lowest BCUT2D eigenvalue weighted by Gasteiger charge is -2.30. The number of nitrogens with one attached hydrogen (secondary N) is 1. The number of hydrogen-bond acceptors (Lipinski definition) is 3. The van der Waals surface area contributed by atoms with Crippen LogP contribution in [0, 0.1) is 5.41 Å². The highest BCUT2D eigenvalue weighted by molar-refractivity contribution is 7.10. The van der Waals surface area contributed by atoms with Crippen LogP contribution in [0.2, 0.25) is 0 Å². The fraction of sp³-hybridized carbons (Fsp3) is 0.600. The van der Waals surface area contributed by atoms with Crippen molar-refractivity contribution in [3.8, 4) is 0 Å². The molecule has 0 saturated carbocycles. The second-order valence-corrected chi connectivity index (χ2v) is 7.32. The summed E-state index contributed by atoms with van der Waals surface area (Å²) in [5.74, 6) is -0.0916. The molecule has 4 nitrogen and oxygen atoms in total. The minimum atomic E-state index is -0.475. The third-order valence-corrected chi connectivity index (χ3v) is 4.54. The van der Waals surface area contributed by atoms with Gasteiger partial charge in [-0.1, -0.05) is 20.8 Å². The van der Waals surface area contributed by atoms with E-state index in [2.05, 4.69) is 16.8 Å². The van der Waals surface area contributed by atoms with Crippen LogP contribution in [0.4, 0.5) is 0 Å². The van der Waals surface area contributed by atoms with E-state index in [0.29, 0.717) is 6.54 Å². The Bertz CT molecular complexity index is 516. The lowest BCUT2D eigenvalue weighted by atomic mass is 9.95. The first kappa shape index (κ1) is 15.0. The number of carbonyl (C=O) groups is 2. The van der Waals surface area contributed by atoms with Gasteiger partial charge in [-0.2, -0.15) is 0 Å². The highest BCUT2D eigenvalue weighted by atomic mass is 32.1. The molecule has 0 spiro atoms. The Morgan fingerprint density at radius 3 is 2.75 bits per heavy atom. The van der Waals surface area contributed by atoms with Gasteiger partial charge in [0.05, 0.1) is 0 Å². The van der Waals surface area contributed by atoms with Gasteiger partial charge >= 0.3 is 0 Å². The van der Waals surface area contributed by atoms with Crippen molar-refractivity contribution in [1.82, 2.24) is 10.2 Å². The average molecular weight is 294 g/mol. The second-order valence-electron chi connectivity index (χ2n) is 6.32. The van der Waals surface area contributed by atoms with Gasteiger partial charge in [0.2, 0.25) is 11.8 Å². The van der Waals surface area contributed by atoms with E-state index in [1.165, 1.54) is 10.4 Å². The average Bonchev–Trinajstić information content (AvgIpc) is 2.83. The maximum atomic E-state index is 12.4. The molecule has 110 valence electrons. The fourth-order valence-corrected chi connectivity index (χ4v) is 3.08. The monoisotopic (exact) mass is 294 g/mol. The van der Waals surface area contributed by atoms with Crippen LogP contribution in [0.15, 0.2) is 11.4 Å². The van der Waals surface area contributed by atoms with Crippen molar-refractivity contribution in [2.24, 2.45) is 5.41 Å². The largest absolute Gasteiger partial charge is 0.344 e. The Balaban J connectivity index is 1.97. The van der Waals surface area contributed by atoms with Crippen molar-refractivity contribution in [2.75, 3.05) is 6.54 Å². The van der Waals surface area contributed by atoms with Gasteiger partial charge in [0.1, 0.15) is 6.04 Å². The molecule has 1 aromatic heterocycles. The van der Waals surface area contributed by atoms with E-state index in [4.69, 9.17) is 0 Å². The highest BCUT2D eigenvalue weighted by Gasteiger charge is 2.29. The summed E-state index contributed by atoms with van der Waals surface area (Å²) in [4.78, 5) is 27.6. The van der Waals surface area contributed by atoms with Crippen LogP contribution in [-0.4, -0.2) is 29.3 Å². The summed E-state index contributed by atoms with van der Waals surface area (Å²) in [5, 5.41) is 4.88. The number of amides is 2. The first-order chi connectivity index (χ1) is 9.29. The first-order valence-electron chi connectivity index (χ1n) is 6.94. The van der Waals surface area contributed by atoms with E-state index in [0.717, 1.165) is 13.0 Å². The van der Waals surface area contributed by atoms with E-state index >= 15 is 0 Å². The summed E-state index contributed by atoms with van der Waals surface area (Å²) in [5.41, 5.74) is 0.765. The smallest absolute Gasteiger partial charge is 0.245 e. The zero-order valence-corrected chi connectivity index (χ0v) is 13.3. The Labute approximate surface area is 124 Å². The van der Waals surface area contributed by atoms with Gasteiger partial charge in [0.25, 0.3) is 0 Å². The minimum Gasteiger partial charge on any atom is -0.344 e. The lowest BCUT2D eigenvalue weighted by Crippen LogP contribution is -2.50. The molecule has 1 aliphatic rings. The van der Waals surface area contributed by atoms with E-state index in [9.17, 15) is 9.59 Å². The van der Waals surface area contributed by atoms with Crippen LogP contribution < -0.4 is 5.32 Å². The Morgan fingerprint density at radius 2 is 2.10 bits per heavy atom. The Morgan fingerprint density at radius 1 is 1.40 bits per heavy atom. The number of rotatable bonds is 2. The molecule has 0 radical (unpaired) electrons. The van der Waals surface area contributed by atoms with Crippen molar-refractivity contribution in [1.29, 1.82) is 0 Å². The van der Waals surface area contributed by atoms with Gasteiger partial charge in [-0.3, -0.25) is 9.59 Å². The van der Waals surface area contributed by atoms with Gasteiger partial charge in [-0.05, 0) is 30.4 Å². The van der Waals surface area contributed by atoms with Crippen molar-refractivity contribution in [3.05, 3.63) is 21.9 Å². The summed E-state index contributed by atoms with van der Waals surface area (Å²) in [6, 6.07) is 1.61. The number of fused-ring (bicyclic) bond motifs is 1. The normalized spacial score (nSPS) is 16.5. The van der Waals surface area contributed by atoms with Crippen LogP contribution in [0.5, 0.6) is 0 Å². The van der Waals surface area contributed by atoms with Crippen molar-refractivity contribution in [2.45, 2.75) is 46.7 Å². The molecule has 0 bridgehead atoms. The van der Waals surface area contributed by atoms with Crippen LogP contribution in [-0.2, 0) is 22.6 Å². The van der Waals surface area contributed by atoms with E-state index < -0.39 is 11.5 Å². The van der Waals surface area contributed by atoms with E-state index in [-0.39, 0.29) is 11.8 Å². The number of carbonyl (C=O) groups excluding carboxylic acids is 2. The number of hydrogen-bond donors (Lipinski definition) is 1. The third kappa shape index (κ3) is 3.20. The maximum Gasteiger partial charge on any atom is 0.245 e. The quantitative estimate of drug-likeness (QED) is 0.909. The summed E-state index contributed by atoms with van der Waals surface area (Å²) in [6.07, 6.45) is 0.915. The first-order valence-corrected chi connectivity index (χ1v) is 7.82. The molecule has 0 aliphatic carbocycles. The fourth-order valence-electron chi connectivity index (χ4n) is 2.19. The molecule has 2 heterocycles. The molecule has 1 atom stereocenters. The number of thiophene rings is 1. The Kier molecular flexibility index (Phi) is 4.18. The van der Waals surface area contributed by atoms with Crippen LogP contribution in [0.25, 0.3) is 0 Å². The summed E-state index contributed by atoms with van der Waals surface area (Å²) in [7, 11) is 0. The minimum absolute atomic E-state index is 0.000509. The van der Waals surface area contributed by atoms with Gasteiger partial charge < -0.3 is 10.2 Å². The van der Waals surface area contributed by atoms with E-state index in [1.807, 2.05) is 25.7 Å². The summed E-state index contributed by atoms with van der Waals surface area (Å²) in [6.45, 7) is 8.69. The van der Waals surface area contributed by atoms with Crippen molar-refractivity contribution >= 4 is 23.2 Å². The molecule has 0 aromatic carbocycles. The van der Waals surface area contributed by atoms with Gasteiger partial charge in [-0.25, -0.2) is 0 Å². The van der Waals surface area contributed by atoms with Crippen molar-refractivity contribution in [3.63, 3.8) is 0 Å². The van der Waals surface area contributed by atoms with Gasteiger partial charge in [0, 0.05) is 23.4 Å². The SMILES string of the molecule is C[C@H](NC(=O)C(C)(C)C)C(=O)N1CCc2sccc2C1. The zero-order valence-electron chi connectivity index (χ0n) is 12.5.